The molecule has 0 atom stereocenters. The first-order valence-electron chi connectivity index (χ1n) is 10.8. The maximum absolute atomic E-state index is 12.9. The van der Waals surface area contributed by atoms with Gasteiger partial charge in [-0.1, -0.05) is 84.0 Å². The molecule has 2 amide bonds. The lowest BCUT2D eigenvalue weighted by Gasteiger charge is -2.06. The molecule has 0 spiro atoms. The van der Waals surface area contributed by atoms with Crippen LogP contribution >= 0.6 is 0 Å². The third-order valence-corrected chi connectivity index (χ3v) is 5.27. The zero-order chi connectivity index (χ0) is 24.2. The van der Waals surface area contributed by atoms with Crippen molar-refractivity contribution in [3.8, 4) is 28.3 Å². The largest absolute Gasteiger partial charge is 0.360 e. The second-order valence-corrected chi connectivity index (χ2v) is 7.61. The normalized spacial score (nSPS) is 10.7. The Hall–Kier alpha value is -5.05. The first kappa shape index (κ1) is 21.8. The molecule has 5 aromatic rings. The molecule has 5 rings (SSSR count). The molecular weight excluding hydrogens is 444 g/mol. The van der Waals surface area contributed by atoms with Crippen molar-refractivity contribution in [1.29, 1.82) is 0 Å². The van der Waals surface area contributed by atoms with Gasteiger partial charge in [0, 0.05) is 11.1 Å². The average molecular weight is 464 g/mol. The zero-order valence-corrected chi connectivity index (χ0v) is 18.7. The Bertz CT molecular complexity index is 1420. The molecule has 172 valence electrons. The van der Waals surface area contributed by atoms with E-state index in [-0.39, 0.29) is 11.4 Å². The van der Waals surface area contributed by atoms with Crippen LogP contribution in [-0.2, 0) is 0 Å². The number of aromatic nitrogens is 4. The van der Waals surface area contributed by atoms with Crippen LogP contribution in [0.2, 0.25) is 0 Å². The van der Waals surface area contributed by atoms with E-state index in [1.807, 2.05) is 91.0 Å². The maximum atomic E-state index is 12.9. The van der Waals surface area contributed by atoms with Gasteiger partial charge in [0.1, 0.15) is 17.0 Å². The van der Waals surface area contributed by atoms with Gasteiger partial charge in [0.05, 0.1) is 5.69 Å². The molecule has 0 saturated carbocycles. The number of nitrogens with one attached hydrogen (secondary N) is 2. The van der Waals surface area contributed by atoms with E-state index in [0.717, 1.165) is 16.8 Å². The van der Waals surface area contributed by atoms with Gasteiger partial charge in [0.15, 0.2) is 5.82 Å². The number of amides is 2. The zero-order valence-electron chi connectivity index (χ0n) is 18.7. The van der Waals surface area contributed by atoms with E-state index < -0.39 is 11.8 Å². The number of aryl methyl sites for hydroxylation is 1. The number of hydrogen-bond acceptors (Lipinski definition) is 6. The van der Waals surface area contributed by atoms with E-state index in [2.05, 4.69) is 26.1 Å². The fraction of sp³-hybridized carbons (Fsp3) is 0.0385. The van der Waals surface area contributed by atoms with Crippen molar-refractivity contribution in [3.63, 3.8) is 0 Å². The summed E-state index contributed by atoms with van der Waals surface area (Å²) < 4.78 is 6.82. The second kappa shape index (κ2) is 9.44. The molecule has 2 aromatic heterocycles. The molecule has 2 N–H and O–H groups in total. The van der Waals surface area contributed by atoms with E-state index in [0.29, 0.717) is 17.3 Å². The van der Waals surface area contributed by atoms with Gasteiger partial charge in [-0.05, 0) is 19.1 Å². The van der Waals surface area contributed by atoms with Crippen LogP contribution in [-0.4, -0.2) is 31.7 Å². The molecule has 9 nitrogen and oxygen atoms in total. The Balaban J connectivity index is 1.39. The van der Waals surface area contributed by atoms with Crippen LogP contribution in [0.15, 0.2) is 95.5 Å². The number of hydrazine groups is 1. The molecule has 35 heavy (non-hydrogen) atoms. The fourth-order valence-electron chi connectivity index (χ4n) is 3.60. The number of rotatable bonds is 5. The Morgan fingerprint density at radius 1 is 0.771 bits per heavy atom. The van der Waals surface area contributed by atoms with Gasteiger partial charge in [-0.3, -0.25) is 20.4 Å². The van der Waals surface area contributed by atoms with Crippen LogP contribution in [0.5, 0.6) is 0 Å². The van der Waals surface area contributed by atoms with Crippen molar-refractivity contribution in [2.45, 2.75) is 6.92 Å². The molecule has 0 bridgehead atoms. The van der Waals surface area contributed by atoms with E-state index in [1.165, 1.54) is 0 Å². The number of para-hydroxylation sites is 1. The van der Waals surface area contributed by atoms with Crippen molar-refractivity contribution in [1.82, 2.24) is 30.8 Å². The highest BCUT2D eigenvalue weighted by Crippen LogP contribution is 2.25. The minimum Gasteiger partial charge on any atom is -0.360 e. The predicted octanol–water partition coefficient (Wildman–Crippen LogP) is 3.97. The van der Waals surface area contributed by atoms with Gasteiger partial charge in [0.25, 0.3) is 5.91 Å². The quantitative estimate of drug-likeness (QED) is 0.380. The van der Waals surface area contributed by atoms with Crippen molar-refractivity contribution < 1.29 is 14.1 Å². The third kappa shape index (κ3) is 4.42. The second-order valence-electron chi connectivity index (χ2n) is 7.61. The van der Waals surface area contributed by atoms with E-state index in [1.54, 1.807) is 11.6 Å². The third-order valence-electron chi connectivity index (χ3n) is 5.27. The predicted molar refractivity (Wildman–Crippen MR) is 128 cm³/mol. The minimum absolute atomic E-state index is 0.0988. The van der Waals surface area contributed by atoms with Gasteiger partial charge in [-0.2, -0.15) is 0 Å². The highest BCUT2D eigenvalue weighted by Gasteiger charge is 2.23. The molecule has 0 aliphatic carbocycles. The van der Waals surface area contributed by atoms with Gasteiger partial charge in [0.2, 0.25) is 5.82 Å². The number of hydrogen-bond donors (Lipinski definition) is 2. The lowest BCUT2D eigenvalue weighted by Crippen LogP contribution is -2.42. The molecule has 0 radical (unpaired) electrons. The van der Waals surface area contributed by atoms with Crippen LogP contribution in [0.3, 0.4) is 0 Å². The molecule has 0 aliphatic heterocycles. The summed E-state index contributed by atoms with van der Waals surface area (Å²) in [5.41, 5.74) is 7.67. The Labute approximate surface area is 200 Å². The molecule has 0 fully saturated rings. The molecule has 2 heterocycles. The van der Waals surface area contributed by atoms with Crippen molar-refractivity contribution in [3.05, 3.63) is 108 Å². The van der Waals surface area contributed by atoms with Gasteiger partial charge >= 0.3 is 5.91 Å². The van der Waals surface area contributed by atoms with Gasteiger partial charge in [-0.25, -0.2) is 9.67 Å². The monoisotopic (exact) mass is 464 g/mol. The van der Waals surface area contributed by atoms with Crippen LogP contribution < -0.4 is 10.9 Å². The number of carbonyl (C=O) groups excluding carboxylic acids is 2. The highest BCUT2D eigenvalue weighted by atomic mass is 16.5. The van der Waals surface area contributed by atoms with Crippen LogP contribution in [0.4, 0.5) is 0 Å². The number of benzene rings is 3. The summed E-state index contributed by atoms with van der Waals surface area (Å²) in [7, 11) is 0. The van der Waals surface area contributed by atoms with Crippen LogP contribution in [0.1, 0.15) is 26.7 Å². The van der Waals surface area contributed by atoms with Crippen molar-refractivity contribution in [2.24, 2.45) is 0 Å². The average Bonchev–Trinajstić information content (AvgIpc) is 3.53. The summed E-state index contributed by atoms with van der Waals surface area (Å²) in [5.74, 6) is -0.511. The lowest BCUT2D eigenvalue weighted by atomic mass is 10.1. The molecule has 0 saturated heterocycles. The SMILES string of the molecule is Cc1onc(-c2ccccc2)c1C(=O)NNC(=O)c1nc(-c2ccccc2)n(-c2ccccc2)n1. The first-order valence-corrected chi connectivity index (χ1v) is 10.8. The van der Waals surface area contributed by atoms with E-state index >= 15 is 0 Å². The number of carbonyl (C=O) groups is 2. The standard InChI is InChI=1S/C26H20N6O3/c1-17-21(22(31-35-17)18-11-5-2-6-12-18)25(33)28-29-26(34)23-27-24(19-13-7-3-8-14-19)32(30-23)20-15-9-4-10-16-20/h2-16H,1H3,(H,28,33)(H,29,34). The minimum atomic E-state index is -0.666. The smallest absolute Gasteiger partial charge is 0.309 e. The van der Waals surface area contributed by atoms with E-state index in [9.17, 15) is 9.59 Å². The Morgan fingerprint density at radius 2 is 1.34 bits per heavy atom. The number of nitrogens with zero attached hydrogens (tertiary/aromatic N) is 4. The summed E-state index contributed by atoms with van der Waals surface area (Å²) in [4.78, 5) is 30.2. The molecule has 9 heteroatoms. The summed E-state index contributed by atoms with van der Waals surface area (Å²) in [6.45, 7) is 1.63. The van der Waals surface area contributed by atoms with Crippen molar-refractivity contribution >= 4 is 11.8 Å². The molecule has 3 aromatic carbocycles. The summed E-state index contributed by atoms with van der Waals surface area (Å²) in [6.07, 6.45) is 0. The van der Waals surface area contributed by atoms with Crippen LogP contribution in [0.25, 0.3) is 28.3 Å². The lowest BCUT2D eigenvalue weighted by molar-refractivity contribution is 0.0840. The summed E-state index contributed by atoms with van der Waals surface area (Å²) in [6, 6.07) is 28.0. The fourth-order valence-corrected chi connectivity index (χ4v) is 3.60. The Morgan fingerprint density at radius 3 is 2.00 bits per heavy atom. The van der Waals surface area contributed by atoms with Crippen molar-refractivity contribution in [2.75, 3.05) is 0 Å². The summed E-state index contributed by atoms with van der Waals surface area (Å²) >= 11 is 0. The Kier molecular flexibility index (Phi) is 5.87. The maximum Gasteiger partial charge on any atom is 0.309 e. The molecule has 0 aliphatic rings. The highest BCUT2D eigenvalue weighted by molar-refractivity contribution is 6.02. The first-order chi connectivity index (χ1) is 17.1. The topological polar surface area (TPSA) is 115 Å². The molecule has 0 unspecified atom stereocenters. The van der Waals surface area contributed by atoms with Crippen LogP contribution in [0, 0.1) is 6.92 Å². The molecular formula is C26H20N6O3. The van der Waals surface area contributed by atoms with Gasteiger partial charge in [-0.15, -0.1) is 5.10 Å². The van der Waals surface area contributed by atoms with Gasteiger partial charge < -0.3 is 4.52 Å². The van der Waals surface area contributed by atoms with E-state index in [4.69, 9.17) is 4.52 Å². The summed E-state index contributed by atoms with van der Waals surface area (Å²) in [5, 5.41) is 8.39.